The number of amides is 1. The standard InChI is InChI=1S/C30H40F2N2O4/c1-21(35)34-27(16-24-14-25(31)17-26(32)15-24)30(38-19-23-10-3-2-4-11-23)28-20-37-29(18-33-28)36-13-7-12-22-8-5-6-9-22/h2-4,10-11,14-15,17,22,27-30,33H,5-9,12-13,16,18-20H2,1H3,(H,34,35)/t27-,28+,29-,30-/m0/s1. The van der Waals surface area contributed by atoms with E-state index in [0.717, 1.165) is 24.0 Å². The molecule has 1 saturated heterocycles. The maximum atomic E-state index is 13.9. The second-order valence-electron chi connectivity index (χ2n) is 10.5. The van der Waals surface area contributed by atoms with Crippen LogP contribution in [-0.4, -0.2) is 50.1 Å². The molecule has 2 aromatic rings. The van der Waals surface area contributed by atoms with Gasteiger partial charge in [-0.2, -0.15) is 0 Å². The third-order valence-corrected chi connectivity index (χ3v) is 7.39. The molecule has 1 amide bonds. The molecule has 2 aromatic carbocycles. The predicted molar refractivity (Wildman–Crippen MR) is 141 cm³/mol. The number of rotatable bonds is 13. The predicted octanol–water partition coefficient (Wildman–Crippen LogP) is 4.90. The van der Waals surface area contributed by atoms with Gasteiger partial charge in [-0.15, -0.1) is 0 Å². The van der Waals surface area contributed by atoms with Crippen molar-refractivity contribution in [2.75, 3.05) is 19.8 Å². The van der Waals surface area contributed by atoms with Gasteiger partial charge in [-0.1, -0.05) is 56.0 Å². The number of carbonyl (C=O) groups excluding carboxylic acids is 1. The van der Waals surface area contributed by atoms with Gasteiger partial charge in [0.2, 0.25) is 5.91 Å². The first-order valence-corrected chi connectivity index (χ1v) is 13.8. The highest BCUT2D eigenvalue weighted by atomic mass is 19.1. The SMILES string of the molecule is CC(=O)N[C@@H](Cc1cc(F)cc(F)c1)[C@H](OCc1ccccc1)[C@H]1CO[C@H](OCCCC2CCCC2)CN1. The minimum atomic E-state index is -0.657. The fourth-order valence-corrected chi connectivity index (χ4v) is 5.55. The van der Waals surface area contributed by atoms with Gasteiger partial charge in [-0.05, 0) is 48.4 Å². The van der Waals surface area contributed by atoms with Crippen LogP contribution in [0, 0.1) is 17.6 Å². The van der Waals surface area contributed by atoms with Crippen LogP contribution in [0.3, 0.4) is 0 Å². The molecule has 2 aliphatic rings. The van der Waals surface area contributed by atoms with E-state index in [-0.39, 0.29) is 24.7 Å². The maximum absolute atomic E-state index is 13.9. The molecule has 4 rings (SSSR count). The number of ether oxygens (including phenoxy) is 3. The van der Waals surface area contributed by atoms with Crippen LogP contribution in [0.25, 0.3) is 0 Å². The molecule has 38 heavy (non-hydrogen) atoms. The molecule has 1 saturated carbocycles. The van der Waals surface area contributed by atoms with Crippen molar-refractivity contribution >= 4 is 5.91 Å². The van der Waals surface area contributed by atoms with E-state index in [1.54, 1.807) is 0 Å². The van der Waals surface area contributed by atoms with Gasteiger partial charge in [0.1, 0.15) is 11.6 Å². The molecule has 6 nitrogen and oxygen atoms in total. The average molecular weight is 531 g/mol. The highest BCUT2D eigenvalue weighted by Crippen LogP contribution is 2.28. The lowest BCUT2D eigenvalue weighted by Gasteiger charge is -2.38. The van der Waals surface area contributed by atoms with Crippen LogP contribution < -0.4 is 10.6 Å². The first-order chi connectivity index (χ1) is 18.5. The third-order valence-electron chi connectivity index (χ3n) is 7.39. The summed E-state index contributed by atoms with van der Waals surface area (Å²) in [5.74, 6) is -0.723. The first kappa shape index (κ1) is 28.6. The summed E-state index contributed by atoms with van der Waals surface area (Å²) < 4.78 is 46.2. The molecule has 0 unspecified atom stereocenters. The molecule has 1 aliphatic carbocycles. The number of halogens is 2. The number of morpholine rings is 1. The highest BCUT2D eigenvalue weighted by Gasteiger charge is 2.35. The van der Waals surface area contributed by atoms with E-state index in [2.05, 4.69) is 10.6 Å². The Morgan fingerprint density at radius 1 is 1.11 bits per heavy atom. The Bertz CT molecular complexity index is 975. The molecular formula is C30H40F2N2O4. The minimum absolute atomic E-state index is 0.201. The molecule has 1 aliphatic heterocycles. The minimum Gasteiger partial charge on any atom is -0.370 e. The number of carbonyl (C=O) groups is 1. The van der Waals surface area contributed by atoms with E-state index in [4.69, 9.17) is 14.2 Å². The molecule has 208 valence electrons. The molecule has 2 N–H and O–H groups in total. The second-order valence-corrected chi connectivity index (χ2v) is 10.5. The van der Waals surface area contributed by atoms with E-state index < -0.39 is 23.8 Å². The summed E-state index contributed by atoms with van der Waals surface area (Å²) in [5, 5.41) is 6.42. The number of hydrogen-bond acceptors (Lipinski definition) is 5. The Labute approximate surface area is 224 Å². The summed E-state index contributed by atoms with van der Waals surface area (Å²) in [7, 11) is 0. The van der Waals surface area contributed by atoms with Crippen molar-refractivity contribution in [1.82, 2.24) is 10.6 Å². The summed E-state index contributed by atoms with van der Waals surface area (Å²) in [6.07, 6.45) is 6.95. The number of benzene rings is 2. The molecule has 1 heterocycles. The van der Waals surface area contributed by atoms with Gasteiger partial charge in [0.05, 0.1) is 31.4 Å². The largest absolute Gasteiger partial charge is 0.370 e. The molecule has 2 fully saturated rings. The average Bonchev–Trinajstić information content (AvgIpc) is 3.41. The zero-order chi connectivity index (χ0) is 26.7. The fraction of sp³-hybridized carbons (Fsp3) is 0.567. The molecule has 4 atom stereocenters. The van der Waals surface area contributed by atoms with Crippen LogP contribution in [0.4, 0.5) is 8.78 Å². The summed E-state index contributed by atoms with van der Waals surface area (Å²) in [4.78, 5) is 12.1. The van der Waals surface area contributed by atoms with E-state index in [1.165, 1.54) is 51.2 Å². The molecule has 0 aromatic heterocycles. The van der Waals surface area contributed by atoms with Crippen molar-refractivity contribution < 1.29 is 27.8 Å². The topological polar surface area (TPSA) is 68.8 Å². The summed E-state index contributed by atoms with van der Waals surface area (Å²) in [5.41, 5.74) is 1.42. The van der Waals surface area contributed by atoms with Crippen LogP contribution in [0.1, 0.15) is 56.6 Å². The summed E-state index contributed by atoms with van der Waals surface area (Å²) in [6, 6.07) is 12.3. The van der Waals surface area contributed by atoms with Crippen molar-refractivity contribution in [3.05, 3.63) is 71.3 Å². The quantitative estimate of drug-likeness (QED) is 0.361. The number of nitrogens with one attached hydrogen (secondary N) is 2. The first-order valence-electron chi connectivity index (χ1n) is 13.8. The van der Waals surface area contributed by atoms with Crippen molar-refractivity contribution in [2.24, 2.45) is 5.92 Å². The zero-order valence-electron chi connectivity index (χ0n) is 22.2. The second kappa shape index (κ2) is 14.7. The van der Waals surface area contributed by atoms with Gasteiger partial charge in [-0.25, -0.2) is 8.78 Å². The Balaban J connectivity index is 1.39. The van der Waals surface area contributed by atoms with E-state index in [1.807, 2.05) is 30.3 Å². The lowest BCUT2D eigenvalue weighted by molar-refractivity contribution is -0.177. The van der Waals surface area contributed by atoms with E-state index in [0.29, 0.717) is 31.9 Å². The Kier molecular flexibility index (Phi) is 11.1. The molecule has 8 heteroatoms. The van der Waals surface area contributed by atoms with Crippen molar-refractivity contribution in [1.29, 1.82) is 0 Å². The normalized spacial score (nSPS) is 21.8. The van der Waals surface area contributed by atoms with Crippen LogP contribution in [0.15, 0.2) is 48.5 Å². The molecular weight excluding hydrogens is 490 g/mol. The van der Waals surface area contributed by atoms with Gasteiger partial charge in [0, 0.05) is 26.1 Å². The molecule has 0 bridgehead atoms. The summed E-state index contributed by atoms with van der Waals surface area (Å²) in [6.45, 7) is 3.22. The molecule has 0 radical (unpaired) electrons. The van der Waals surface area contributed by atoms with E-state index >= 15 is 0 Å². The van der Waals surface area contributed by atoms with Gasteiger partial charge in [-0.3, -0.25) is 4.79 Å². The highest BCUT2D eigenvalue weighted by molar-refractivity contribution is 5.73. The van der Waals surface area contributed by atoms with E-state index in [9.17, 15) is 13.6 Å². The van der Waals surface area contributed by atoms with Gasteiger partial charge in [0.15, 0.2) is 6.29 Å². The smallest absolute Gasteiger partial charge is 0.217 e. The van der Waals surface area contributed by atoms with Crippen LogP contribution in [0.2, 0.25) is 0 Å². The zero-order valence-corrected chi connectivity index (χ0v) is 22.2. The van der Waals surface area contributed by atoms with Crippen LogP contribution in [0.5, 0.6) is 0 Å². The lowest BCUT2D eigenvalue weighted by Crippen LogP contribution is -2.60. The van der Waals surface area contributed by atoms with Gasteiger partial charge >= 0.3 is 0 Å². The summed E-state index contributed by atoms with van der Waals surface area (Å²) >= 11 is 0. The van der Waals surface area contributed by atoms with Crippen molar-refractivity contribution in [3.8, 4) is 0 Å². The van der Waals surface area contributed by atoms with Crippen molar-refractivity contribution in [3.63, 3.8) is 0 Å². The Morgan fingerprint density at radius 2 is 1.84 bits per heavy atom. The Hall–Kier alpha value is -2.39. The number of hydrogen-bond donors (Lipinski definition) is 2. The maximum Gasteiger partial charge on any atom is 0.217 e. The van der Waals surface area contributed by atoms with Crippen LogP contribution in [-0.2, 0) is 32.0 Å². The van der Waals surface area contributed by atoms with Gasteiger partial charge < -0.3 is 24.8 Å². The molecule has 0 spiro atoms. The van der Waals surface area contributed by atoms with Crippen molar-refractivity contribution in [2.45, 2.75) is 83.0 Å². The Morgan fingerprint density at radius 3 is 2.50 bits per heavy atom. The van der Waals surface area contributed by atoms with Gasteiger partial charge in [0.25, 0.3) is 0 Å². The van der Waals surface area contributed by atoms with Crippen LogP contribution >= 0.6 is 0 Å². The monoisotopic (exact) mass is 530 g/mol. The fourth-order valence-electron chi connectivity index (χ4n) is 5.55. The lowest BCUT2D eigenvalue weighted by atomic mass is 9.95. The third kappa shape index (κ3) is 9.12.